The summed E-state index contributed by atoms with van der Waals surface area (Å²) in [7, 11) is 0. The zero-order valence-corrected chi connectivity index (χ0v) is 16.6. The second kappa shape index (κ2) is 8.43. The van der Waals surface area contributed by atoms with Crippen LogP contribution >= 0.6 is 38.6 Å². The molecule has 26 heavy (non-hydrogen) atoms. The molecule has 0 aliphatic heterocycles. The minimum absolute atomic E-state index is 0.153. The molecule has 2 heterocycles. The first-order valence-corrected chi connectivity index (χ1v) is 10.0. The van der Waals surface area contributed by atoms with E-state index >= 15 is 0 Å². The minimum atomic E-state index is -0.542. The smallest absolute Gasteiger partial charge is 0.255 e. The summed E-state index contributed by atoms with van der Waals surface area (Å²) in [4.78, 5) is 28.5. The Kier molecular flexibility index (Phi) is 6.02. The van der Waals surface area contributed by atoms with Crippen LogP contribution in [-0.4, -0.2) is 23.4 Å². The fourth-order valence-corrected chi connectivity index (χ4v) is 4.41. The third-order valence-corrected chi connectivity index (χ3v) is 5.94. The molecule has 3 rings (SSSR count). The Bertz CT molecular complexity index is 921. The first kappa shape index (κ1) is 18.6. The summed E-state index contributed by atoms with van der Waals surface area (Å²) >= 11 is 6.55. The number of rotatable bonds is 7. The van der Waals surface area contributed by atoms with E-state index in [2.05, 4.69) is 26.2 Å². The summed E-state index contributed by atoms with van der Waals surface area (Å²) in [6.45, 7) is -0.182. The van der Waals surface area contributed by atoms with Crippen molar-refractivity contribution in [1.82, 2.24) is 4.98 Å². The number of nitrogens with zero attached hydrogens (tertiary/aromatic N) is 1. The van der Waals surface area contributed by atoms with E-state index in [0.717, 1.165) is 20.1 Å². The average molecular weight is 452 g/mol. The van der Waals surface area contributed by atoms with Crippen LogP contribution < -0.4 is 15.8 Å². The van der Waals surface area contributed by atoms with Gasteiger partial charge in [-0.15, -0.1) is 22.7 Å². The predicted octanol–water partition coefficient (Wildman–Crippen LogP) is 3.68. The molecule has 0 fully saturated rings. The Balaban J connectivity index is 1.55. The molecule has 0 spiro atoms. The number of ether oxygens (including phenoxy) is 1. The predicted molar refractivity (Wildman–Crippen MR) is 107 cm³/mol. The molecule has 2 aromatic heterocycles. The third kappa shape index (κ3) is 5.13. The van der Waals surface area contributed by atoms with Gasteiger partial charge in [0.2, 0.25) is 5.91 Å². The highest BCUT2D eigenvalue weighted by atomic mass is 79.9. The van der Waals surface area contributed by atoms with Crippen molar-refractivity contribution in [1.29, 1.82) is 0 Å². The lowest BCUT2D eigenvalue weighted by molar-refractivity contribution is -0.120. The molecule has 0 unspecified atom stereocenters. The summed E-state index contributed by atoms with van der Waals surface area (Å²) in [5.74, 6) is -0.187. The van der Waals surface area contributed by atoms with Gasteiger partial charge in [0.15, 0.2) is 6.61 Å². The summed E-state index contributed by atoms with van der Waals surface area (Å²) in [5, 5.41) is 7.60. The number of carbonyl (C=O) groups excluding carboxylic acids is 2. The Hall–Kier alpha value is -2.23. The van der Waals surface area contributed by atoms with Gasteiger partial charge in [0.05, 0.1) is 17.0 Å². The van der Waals surface area contributed by atoms with Crippen LogP contribution in [0.4, 0.5) is 5.69 Å². The number of carbonyl (C=O) groups is 2. The van der Waals surface area contributed by atoms with Crippen LogP contribution in [0.3, 0.4) is 0 Å². The SMILES string of the molecule is NC(=O)COc1ccc(NC(=O)Cc2csc(-c3cc(Br)cs3)n2)cc1. The maximum absolute atomic E-state index is 12.2. The van der Waals surface area contributed by atoms with Crippen LogP contribution in [0.25, 0.3) is 9.88 Å². The van der Waals surface area contributed by atoms with Gasteiger partial charge in [-0.2, -0.15) is 0 Å². The molecule has 0 radical (unpaired) electrons. The van der Waals surface area contributed by atoms with E-state index in [1.54, 1.807) is 35.6 Å². The third-order valence-electron chi connectivity index (χ3n) is 3.19. The Morgan fingerprint density at radius 3 is 2.62 bits per heavy atom. The van der Waals surface area contributed by atoms with Crippen LogP contribution in [0, 0.1) is 0 Å². The highest BCUT2D eigenvalue weighted by molar-refractivity contribution is 9.10. The fraction of sp³-hybridized carbons (Fsp3) is 0.118. The van der Waals surface area contributed by atoms with Gasteiger partial charge < -0.3 is 15.8 Å². The van der Waals surface area contributed by atoms with Crippen molar-refractivity contribution >= 4 is 56.1 Å². The van der Waals surface area contributed by atoms with E-state index in [1.807, 2.05) is 16.8 Å². The number of benzene rings is 1. The molecular weight excluding hydrogens is 438 g/mol. The van der Waals surface area contributed by atoms with Crippen LogP contribution in [0.2, 0.25) is 0 Å². The normalized spacial score (nSPS) is 10.5. The van der Waals surface area contributed by atoms with Gasteiger partial charge in [-0.3, -0.25) is 9.59 Å². The number of halogens is 1. The zero-order valence-electron chi connectivity index (χ0n) is 13.4. The lowest BCUT2D eigenvalue weighted by Gasteiger charge is -2.06. The van der Waals surface area contributed by atoms with E-state index in [0.29, 0.717) is 11.4 Å². The lowest BCUT2D eigenvalue weighted by Crippen LogP contribution is -2.20. The van der Waals surface area contributed by atoms with Gasteiger partial charge in [0, 0.05) is 20.9 Å². The standard InChI is InChI=1S/C17H14BrN3O3S2/c18-10-5-14(25-8-10)17-21-12(9-26-17)6-16(23)20-11-1-3-13(4-2-11)24-7-15(19)22/h1-5,8-9H,6-7H2,(H2,19,22)(H,20,23). The number of anilines is 1. The van der Waals surface area contributed by atoms with Gasteiger partial charge >= 0.3 is 0 Å². The summed E-state index contributed by atoms with van der Waals surface area (Å²) in [6.07, 6.45) is 0.197. The molecule has 9 heteroatoms. The van der Waals surface area contributed by atoms with Gasteiger partial charge in [-0.25, -0.2) is 4.98 Å². The highest BCUT2D eigenvalue weighted by Gasteiger charge is 2.11. The number of thiazole rings is 1. The lowest BCUT2D eigenvalue weighted by atomic mass is 10.2. The first-order valence-electron chi connectivity index (χ1n) is 7.49. The maximum atomic E-state index is 12.2. The highest BCUT2D eigenvalue weighted by Crippen LogP contribution is 2.32. The van der Waals surface area contributed by atoms with Crippen LogP contribution in [0.5, 0.6) is 5.75 Å². The number of amides is 2. The monoisotopic (exact) mass is 451 g/mol. The van der Waals surface area contributed by atoms with Crippen LogP contribution in [0.15, 0.2) is 45.6 Å². The quantitative estimate of drug-likeness (QED) is 0.572. The number of nitrogens with two attached hydrogens (primary N) is 1. The molecule has 0 bridgehead atoms. The number of primary amides is 1. The van der Waals surface area contributed by atoms with Gasteiger partial charge in [0.1, 0.15) is 10.8 Å². The van der Waals surface area contributed by atoms with Gasteiger partial charge in [0.25, 0.3) is 5.91 Å². The number of thiophene rings is 1. The summed E-state index contributed by atoms with van der Waals surface area (Å²) in [6, 6.07) is 8.73. The van der Waals surface area contributed by atoms with Crippen molar-refractivity contribution < 1.29 is 14.3 Å². The van der Waals surface area contributed by atoms with Gasteiger partial charge in [-0.1, -0.05) is 0 Å². The fourth-order valence-electron chi connectivity index (χ4n) is 2.09. The second-order valence-corrected chi connectivity index (χ2v) is 7.96. The molecule has 0 atom stereocenters. The van der Waals surface area contributed by atoms with Crippen molar-refractivity contribution in [2.45, 2.75) is 6.42 Å². The molecule has 134 valence electrons. The van der Waals surface area contributed by atoms with E-state index in [4.69, 9.17) is 10.5 Å². The molecule has 0 saturated heterocycles. The molecule has 3 aromatic rings. The largest absolute Gasteiger partial charge is 0.484 e. The van der Waals surface area contributed by atoms with E-state index in [-0.39, 0.29) is 18.9 Å². The summed E-state index contributed by atoms with van der Waals surface area (Å²) < 4.78 is 6.19. The van der Waals surface area contributed by atoms with E-state index in [1.165, 1.54) is 11.3 Å². The summed E-state index contributed by atoms with van der Waals surface area (Å²) in [5.41, 5.74) is 6.39. The number of hydrogen-bond acceptors (Lipinski definition) is 6. The van der Waals surface area contributed by atoms with Crippen molar-refractivity contribution in [3.8, 4) is 15.6 Å². The molecule has 0 aliphatic carbocycles. The van der Waals surface area contributed by atoms with Crippen molar-refractivity contribution in [2.24, 2.45) is 5.73 Å². The molecule has 6 nitrogen and oxygen atoms in total. The molecule has 0 saturated carbocycles. The second-order valence-electron chi connectivity index (χ2n) is 5.28. The Morgan fingerprint density at radius 1 is 1.19 bits per heavy atom. The van der Waals surface area contributed by atoms with E-state index < -0.39 is 5.91 Å². The molecule has 2 amide bonds. The first-order chi connectivity index (χ1) is 12.5. The van der Waals surface area contributed by atoms with Crippen LogP contribution in [-0.2, 0) is 16.0 Å². The van der Waals surface area contributed by atoms with Gasteiger partial charge in [-0.05, 0) is 46.3 Å². The molecule has 0 aliphatic rings. The minimum Gasteiger partial charge on any atom is -0.484 e. The molecule has 1 aromatic carbocycles. The number of hydrogen-bond donors (Lipinski definition) is 2. The average Bonchev–Trinajstić information content (AvgIpc) is 3.23. The maximum Gasteiger partial charge on any atom is 0.255 e. The topological polar surface area (TPSA) is 94.3 Å². The number of aromatic nitrogens is 1. The van der Waals surface area contributed by atoms with Crippen molar-refractivity contribution in [3.05, 3.63) is 51.3 Å². The molecular formula is C17H14BrN3O3S2. The number of nitrogens with one attached hydrogen (secondary N) is 1. The van der Waals surface area contributed by atoms with Crippen LogP contribution in [0.1, 0.15) is 5.69 Å². The zero-order chi connectivity index (χ0) is 18.5. The van der Waals surface area contributed by atoms with E-state index in [9.17, 15) is 9.59 Å². The molecule has 3 N–H and O–H groups in total. The van der Waals surface area contributed by atoms with Crippen molar-refractivity contribution in [3.63, 3.8) is 0 Å². The van der Waals surface area contributed by atoms with Crippen molar-refractivity contribution in [2.75, 3.05) is 11.9 Å². The Morgan fingerprint density at radius 2 is 1.96 bits per heavy atom. The Labute approximate surface area is 166 Å².